The van der Waals surface area contributed by atoms with Gasteiger partial charge in [0.2, 0.25) is 0 Å². The van der Waals surface area contributed by atoms with Crippen molar-refractivity contribution in [3.63, 3.8) is 0 Å². The molecule has 1 amide bonds. The van der Waals surface area contributed by atoms with E-state index in [9.17, 15) is 13.2 Å². The number of amides is 1. The highest BCUT2D eigenvalue weighted by Gasteiger charge is 2.19. The molecule has 8 heteroatoms. The van der Waals surface area contributed by atoms with Crippen molar-refractivity contribution in [2.75, 3.05) is 4.72 Å². The predicted molar refractivity (Wildman–Crippen MR) is 125 cm³/mol. The molecule has 32 heavy (non-hydrogen) atoms. The maximum atomic E-state index is 13.0. The fourth-order valence-electron chi connectivity index (χ4n) is 3.24. The number of aromatic nitrogens is 2. The molecule has 0 saturated carbocycles. The minimum absolute atomic E-state index is 0.0677. The summed E-state index contributed by atoms with van der Waals surface area (Å²) in [5.41, 5.74) is 3.15. The highest BCUT2D eigenvalue weighted by atomic mass is 32.2. The minimum Gasteiger partial charge on any atom is -0.346 e. The Labute approximate surface area is 189 Å². The fraction of sp³-hybridized carbons (Fsp3) is 0.292. The average molecular weight is 453 g/mol. The summed E-state index contributed by atoms with van der Waals surface area (Å²) in [4.78, 5) is 20.9. The third kappa shape index (κ3) is 6.13. The zero-order chi connectivity index (χ0) is 23.1. The number of benzene rings is 2. The molecule has 0 radical (unpaired) electrons. The molecule has 0 aliphatic carbocycles. The standard InChI is InChI=1S/C24H28N4O3S/c1-4-5-6-19-8-11-21(12-9-19)28-32(30,31)23-15-20(10-7-17(23)2)24(29)26-16-22-13-14-25-18(3)27-22/h7-15,28H,4-6,16H2,1-3H3,(H,26,29). The number of hydrogen-bond donors (Lipinski definition) is 2. The van der Waals surface area contributed by atoms with Gasteiger partial charge in [-0.3, -0.25) is 9.52 Å². The summed E-state index contributed by atoms with van der Waals surface area (Å²) in [6.07, 6.45) is 4.79. The van der Waals surface area contributed by atoms with Gasteiger partial charge in [-0.1, -0.05) is 31.5 Å². The Hall–Kier alpha value is -3.26. The van der Waals surface area contributed by atoms with Gasteiger partial charge < -0.3 is 5.32 Å². The van der Waals surface area contributed by atoms with Crippen molar-refractivity contribution >= 4 is 21.6 Å². The molecule has 3 aromatic rings. The van der Waals surface area contributed by atoms with E-state index in [4.69, 9.17) is 0 Å². The van der Waals surface area contributed by atoms with Gasteiger partial charge in [-0.2, -0.15) is 0 Å². The van der Waals surface area contributed by atoms with Gasteiger partial charge in [-0.15, -0.1) is 0 Å². The van der Waals surface area contributed by atoms with Crippen LogP contribution in [0.15, 0.2) is 59.6 Å². The zero-order valence-electron chi connectivity index (χ0n) is 18.6. The Balaban J connectivity index is 1.74. The van der Waals surface area contributed by atoms with Gasteiger partial charge >= 0.3 is 0 Å². The van der Waals surface area contributed by atoms with Crippen LogP contribution in [0.4, 0.5) is 5.69 Å². The summed E-state index contributed by atoms with van der Waals surface area (Å²) in [6, 6.07) is 13.7. The van der Waals surface area contributed by atoms with Gasteiger partial charge in [0.15, 0.2) is 0 Å². The lowest BCUT2D eigenvalue weighted by Gasteiger charge is -2.13. The molecule has 7 nitrogen and oxygen atoms in total. The van der Waals surface area contributed by atoms with Crippen molar-refractivity contribution in [1.82, 2.24) is 15.3 Å². The number of rotatable bonds is 9. The van der Waals surface area contributed by atoms with Gasteiger partial charge in [0.05, 0.1) is 17.1 Å². The van der Waals surface area contributed by atoms with E-state index in [2.05, 4.69) is 26.9 Å². The van der Waals surface area contributed by atoms with E-state index in [0.29, 0.717) is 22.8 Å². The molecule has 0 spiro atoms. The van der Waals surface area contributed by atoms with E-state index in [0.717, 1.165) is 19.3 Å². The van der Waals surface area contributed by atoms with Crippen LogP contribution >= 0.6 is 0 Å². The Morgan fingerprint density at radius 3 is 2.47 bits per heavy atom. The van der Waals surface area contributed by atoms with E-state index in [1.807, 2.05) is 12.1 Å². The molecule has 0 unspecified atom stereocenters. The molecular weight excluding hydrogens is 424 g/mol. The average Bonchev–Trinajstić information content (AvgIpc) is 2.77. The second-order valence-corrected chi connectivity index (χ2v) is 9.31. The van der Waals surface area contributed by atoms with Gasteiger partial charge in [-0.25, -0.2) is 18.4 Å². The monoisotopic (exact) mass is 452 g/mol. The Morgan fingerprint density at radius 1 is 1.03 bits per heavy atom. The molecule has 0 aliphatic rings. The minimum atomic E-state index is -3.85. The van der Waals surface area contributed by atoms with Crippen LogP contribution in [-0.2, 0) is 23.0 Å². The highest BCUT2D eigenvalue weighted by molar-refractivity contribution is 7.92. The second kappa shape index (κ2) is 10.4. The number of nitrogens with one attached hydrogen (secondary N) is 2. The molecular formula is C24H28N4O3S. The third-order valence-electron chi connectivity index (χ3n) is 5.03. The summed E-state index contributed by atoms with van der Waals surface area (Å²) in [6.45, 7) is 5.83. The van der Waals surface area contributed by atoms with E-state index < -0.39 is 10.0 Å². The fourth-order valence-corrected chi connectivity index (χ4v) is 4.57. The molecule has 168 valence electrons. The molecule has 1 heterocycles. The lowest BCUT2D eigenvalue weighted by Crippen LogP contribution is -2.24. The summed E-state index contributed by atoms with van der Waals surface area (Å²) in [5, 5.41) is 2.77. The number of anilines is 1. The maximum absolute atomic E-state index is 13.0. The van der Waals surface area contributed by atoms with Gasteiger partial charge in [-0.05, 0) is 68.1 Å². The van der Waals surface area contributed by atoms with Crippen molar-refractivity contribution < 1.29 is 13.2 Å². The van der Waals surface area contributed by atoms with Crippen LogP contribution in [0, 0.1) is 13.8 Å². The van der Waals surface area contributed by atoms with Crippen LogP contribution in [0.2, 0.25) is 0 Å². The van der Waals surface area contributed by atoms with Gasteiger partial charge in [0, 0.05) is 17.4 Å². The highest BCUT2D eigenvalue weighted by Crippen LogP contribution is 2.21. The Morgan fingerprint density at radius 2 is 1.78 bits per heavy atom. The quantitative estimate of drug-likeness (QED) is 0.507. The molecule has 0 fully saturated rings. The number of unbranched alkanes of at least 4 members (excludes halogenated alkanes) is 1. The van der Waals surface area contributed by atoms with Crippen molar-refractivity contribution in [3.05, 3.63) is 82.9 Å². The first kappa shape index (κ1) is 23.4. The summed E-state index contributed by atoms with van der Waals surface area (Å²) < 4.78 is 28.6. The Bertz CT molecular complexity index is 1190. The van der Waals surface area contributed by atoms with Crippen LogP contribution < -0.4 is 10.0 Å². The first-order valence-corrected chi connectivity index (χ1v) is 12.1. The number of aryl methyl sites for hydroxylation is 3. The molecule has 1 aromatic heterocycles. The first-order valence-electron chi connectivity index (χ1n) is 10.6. The molecule has 3 rings (SSSR count). The van der Waals surface area contributed by atoms with E-state index in [1.54, 1.807) is 50.4 Å². The molecule has 0 atom stereocenters. The normalized spacial score (nSPS) is 11.2. The topological polar surface area (TPSA) is 101 Å². The number of nitrogens with zero attached hydrogens (tertiary/aromatic N) is 2. The van der Waals surface area contributed by atoms with Crippen LogP contribution in [0.3, 0.4) is 0 Å². The van der Waals surface area contributed by atoms with Crippen LogP contribution in [0.5, 0.6) is 0 Å². The molecule has 0 bridgehead atoms. The molecule has 2 N–H and O–H groups in total. The summed E-state index contributed by atoms with van der Waals surface area (Å²) in [7, 11) is -3.85. The first-order chi connectivity index (χ1) is 15.3. The van der Waals surface area contributed by atoms with Crippen molar-refractivity contribution in [2.24, 2.45) is 0 Å². The van der Waals surface area contributed by atoms with Crippen molar-refractivity contribution in [2.45, 2.75) is 51.5 Å². The van der Waals surface area contributed by atoms with Crippen LogP contribution in [-0.4, -0.2) is 24.3 Å². The third-order valence-corrected chi connectivity index (χ3v) is 6.55. The molecule has 0 aliphatic heterocycles. The lowest BCUT2D eigenvalue weighted by molar-refractivity contribution is 0.0950. The van der Waals surface area contributed by atoms with Crippen molar-refractivity contribution in [1.29, 1.82) is 0 Å². The number of sulfonamides is 1. The van der Waals surface area contributed by atoms with Crippen LogP contribution in [0.25, 0.3) is 0 Å². The predicted octanol–water partition coefficient (Wildman–Crippen LogP) is 4.17. The smallest absolute Gasteiger partial charge is 0.262 e. The SMILES string of the molecule is CCCCc1ccc(NS(=O)(=O)c2cc(C(=O)NCc3ccnc(C)n3)ccc2C)cc1. The summed E-state index contributed by atoms with van der Waals surface area (Å²) in [5.74, 6) is 0.239. The molecule has 0 saturated heterocycles. The largest absolute Gasteiger partial charge is 0.346 e. The van der Waals surface area contributed by atoms with E-state index >= 15 is 0 Å². The van der Waals surface area contributed by atoms with E-state index in [1.165, 1.54) is 11.6 Å². The van der Waals surface area contributed by atoms with Gasteiger partial charge in [0.25, 0.3) is 15.9 Å². The van der Waals surface area contributed by atoms with Crippen molar-refractivity contribution in [3.8, 4) is 0 Å². The van der Waals surface area contributed by atoms with E-state index in [-0.39, 0.29) is 22.9 Å². The number of hydrogen-bond acceptors (Lipinski definition) is 5. The Kier molecular flexibility index (Phi) is 7.58. The number of carbonyl (C=O) groups is 1. The number of carbonyl (C=O) groups excluding carboxylic acids is 1. The second-order valence-electron chi connectivity index (χ2n) is 7.66. The zero-order valence-corrected chi connectivity index (χ0v) is 19.4. The maximum Gasteiger partial charge on any atom is 0.262 e. The summed E-state index contributed by atoms with van der Waals surface area (Å²) >= 11 is 0. The molecule has 2 aromatic carbocycles. The van der Waals surface area contributed by atoms with Crippen LogP contribution in [0.1, 0.15) is 52.8 Å². The van der Waals surface area contributed by atoms with Gasteiger partial charge in [0.1, 0.15) is 5.82 Å². The lowest BCUT2D eigenvalue weighted by atomic mass is 10.1.